The highest BCUT2D eigenvalue weighted by molar-refractivity contribution is 7.99. The summed E-state index contributed by atoms with van der Waals surface area (Å²) in [4.78, 5) is 12.4. The Morgan fingerprint density at radius 2 is 1.78 bits per heavy atom. The highest BCUT2D eigenvalue weighted by Crippen LogP contribution is 2.49. The van der Waals surface area contributed by atoms with Gasteiger partial charge in [-0.15, -0.1) is 0 Å². The van der Waals surface area contributed by atoms with E-state index in [1.54, 1.807) is 12.1 Å². The van der Waals surface area contributed by atoms with E-state index >= 15 is 0 Å². The number of fused-ring (bicyclic) bond motifs is 2. The fourth-order valence-electron chi connectivity index (χ4n) is 1.84. The maximum Gasteiger partial charge on any atom is 0.293 e. The molecule has 0 atom stereocenters. The molecule has 0 saturated carbocycles. The van der Waals surface area contributed by atoms with Gasteiger partial charge in [0.05, 0.1) is 15.6 Å². The molecule has 0 amide bonds. The van der Waals surface area contributed by atoms with Gasteiger partial charge < -0.3 is 5.32 Å². The monoisotopic (exact) mass is 278 g/mol. The zero-order chi connectivity index (χ0) is 12.7. The van der Waals surface area contributed by atoms with Crippen molar-refractivity contribution in [2.45, 2.75) is 9.79 Å². The molecule has 0 fully saturated rings. The summed E-state index contributed by atoms with van der Waals surface area (Å²) >= 11 is 7.57. The van der Waals surface area contributed by atoms with Crippen LogP contribution in [0.5, 0.6) is 0 Å². The van der Waals surface area contributed by atoms with Crippen LogP contribution in [0.4, 0.5) is 17.1 Å². The van der Waals surface area contributed by atoms with Crippen LogP contribution in [0.15, 0.2) is 46.2 Å². The first-order chi connectivity index (χ1) is 8.66. The van der Waals surface area contributed by atoms with E-state index in [4.69, 9.17) is 11.6 Å². The average molecular weight is 279 g/mol. The molecule has 0 aromatic heterocycles. The number of nitrogens with zero attached hydrogens (tertiary/aromatic N) is 1. The number of anilines is 2. The minimum Gasteiger partial charge on any atom is -0.347 e. The summed E-state index contributed by atoms with van der Waals surface area (Å²) in [7, 11) is 0. The summed E-state index contributed by atoms with van der Waals surface area (Å²) in [6.45, 7) is 0. The lowest BCUT2D eigenvalue weighted by molar-refractivity contribution is -0.384. The molecule has 18 heavy (non-hydrogen) atoms. The first-order valence-electron chi connectivity index (χ1n) is 5.17. The molecule has 0 radical (unpaired) electrons. The van der Waals surface area contributed by atoms with Gasteiger partial charge in [-0.2, -0.15) is 0 Å². The molecule has 0 unspecified atom stereocenters. The molecular formula is C12H7ClN2O2S. The van der Waals surface area contributed by atoms with Crippen molar-refractivity contribution in [1.29, 1.82) is 0 Å². The van der Waals surface area contributed by atoms with Gasteiger partial charge in [0.1, 0.15) is 5.69 Å². The van der Waals surface area contributed by atoms with E-state index < -0.39 is 4.92 Å². The zero-order valence-electron chi connectivity index (χ0n) is 9.01. The molecular weight excluding hydrogens is 272 g/mol. The van der Waals surface area contributed by atoms with Crippen LogP contribution in [0.2, 0.25) is 5.02 Å². The molecule has 1 aliphatic heterocycles. The van der Waals surface area contributed by atoms with E-state index in [1.165, 1.54) is 17.8 Å². The number of nitro benzene ring substituents is 1. The summed E-state index contributed by atoms with van der Waals surface area (Å²) in [5.74, 6) is 0. The van der Waals surface area contributed by atoms with E-state index in [0.29, 0.717) is 10.7 Å². The Balaban J connectivity index is 2.17. The molecule has 1 heterocycles. The lowest BCUT2D eigenvalue weighted by atomic mass is 10.2. The Morgan fingerprint density at radius 3 is 2.50 bits per heavy atom. The van der Waals surface area contributed by atoms with Crippen LogP contribution >= 0.6 is 23.4 Å². The highest BCUT2D eigenvalue weighted by atomic mass is 35.5. The lowest BCUT2D eigenvalue weighted by Gasteiger charge is -2.21. The first-order valence-corrected chi connectivity index (χ1v) is 6.37. The molecule has 2 aromatic rings. The number of hydrogen-bond acceptors (Lipinski definition) is 4. The Kier molecular flexibility index (Phi) is 2.65. The molecule has 2 aromatic carbocycles. The largest absolute Gasteiger partial charge is 0.347 e. The number of nitrogens with one attached hydrogen (secondary N) is 1. The van der Waals surface area contributed by atoms with E-state index in [1.807, 2.05) is 18.2 Å². The number of halogens is 1. The Labute approximate surface area is 112 Å². The molecule has 6 heteroatoms. The number of benzene rings is 2. The van der Waals surface area contributed by atoms with Crippen molar-refractivity contribution >= 4 is 40.4 Å². The molecule has 3 rings (SSSR count). The number of hydrogen-bond donors (Lipinski definition) is 1. The Hall–Kier alpha value is -1.72. The van der Waals surface area contributed by atoms with Crippen molar-refractivity contribution in [3.05, 3.63) is 51.5 Å². The Morgan fingerprint density at radius 1 is 1.11 bits per heavy atom. The maximum atomic E-state index is 11.0. The third-order valence-electron chi connectivity index (χ3n) is 2.65. The molecule has 1 aliphatic rings. The smallest absolute Gasteiger partial charge is 0.293 e. The summed E-state index contributed by atoms with van der Waals surface area (Å²) in [5.41, 5.74) is 1.30. The van der Waals surface area contributed by atoms with Crippen LogP contribution in [0.25, 0.3) is 0 Å². The molecule has 0 saturated heterocycles. The third kappa shape index (κ3) is 1.72. The van der Waals surface area contributed by atoms with Crippen LogP contribution in [0.1, 0.15) is 0 Å². The second-order valence-electron chi connectivity index (χ2n) is 3.75. The minimum atomic E-state index is -0.395. The second-order valence-corrected chi connectivity index (χ2v) is 5.24. The first kappa shape index (κ1) is 11.4. The van der Waals surface area contributed by atoms with Gasteiger partial charge >= 0.3 is 0 Å². The van der Waals surface area contributed by atoms with Crippen LogP contribution in [-0.2, 0) is 0 Å². The van der Waals surface area contributed by atoms with Gasteiger partial charge in [0.2, 0.25) is 0 Å². The predicted octanol–water partition coefficient (Wildman–Crippen LogP) is 4.46. The summed E-state index contributed by atoms with van der Waals surface area (Å²) in [6, 6.07) is 10.6. The van der Waals surface area contributed by atoms with Crippen molar-refractivity contribution in [3.8, 4) is 0 Å². The van der Waals surface area contributed by atoms with E-state index in [9.17, 15) is 10.1 Å². The number of para-hydroxylation sites is 2. The summed E-state index contributed by atoms with van der Waals surface area (Å²) in [6.07, 6.45) is 0. The van der Waals surface area contributed by atoms with Crippen molar-refractivity contribution in [1.82, 2.24) is 0 Å². The summed E-state index contributed by atoms with van der Waals surface area (Å²) in [5, 5.41) is 14.6. The number of rotatable bonds is 1. The fourth-order valence-corrected chi connectivity index (χ4v) is 3.17. The van der Waals surface area contributed by atoms with Gasteiger partial charge in [0.15, 0.2) is 0 Å². The van der Waals surface area contributed by atoms with Crippen molar-refractivity contribution in [3.63, 3.8) is 0 Å². The molecule has 90 valence electrons. The maximum absolute atomic E-state index is 11.0. The van der Waals surface area contributed by atoms with Gasteiger partial charge in [-0.3, -0.25) is 10.1 Å². The highest BCUT2D eigenvalue weighted by Gasteiger charge is 2.24. The standard InChI is InChI=1S/C12H7ClN2O2S/c13-7-3-1-5-9-11(7)14-12-8(15(16)17)4-2-6-10(12)18-9/h1-6,14H. The zero-order valence-corrected chi connectivity index (χ0v) is 10.6. The van der Waals surface area contributed by atoms with Gasteiger partial charge in [0, 0.05) is 15.9 Å². The second kappa shape index (κ2) is 4.19. The molecule has 0 aliphatic carbocycles. The average Bonchev–Trinajstić information content (AvgIpc) is 2.36. The Bertz CT molecular complexity index is 661. The van der Waals surface area contributed by atoms with Crippen LogP contribution in [0, 0.1) is 10.1 Å². The van der Waals surface area contributed by atoms with Gasteiger partial charge in [-0.1, -0.05) is 35.5 Å². The van der Waals surface area contributed by atoms with Gasteiger partial charge in [0.25, 0.3) is 5.69 Å². The lowest BCUT2D eigenvalue weighted by Crippen LogP contribution is -2.03. The predicted molar refractivity (Wildman–Crippen MR) is 72.0 cm³/mol. The topological polar surface area (TPSA) is 55.2 Å². The van der Waals surface area contributed by atoms with E-state index in [2.05, 4.69) is 5.32 Å². The minimum absolute atomic E-state index is 0.0607. The van der Waals surface area contributed by atoms with Crippen LogP contribution in [0.3, 0.4) is 0 Å². The third-order valence-corrected chi connectivity index (χ3v) is 4.08. The van der Waals surface area contributed by atoms with Crippen molar-refractivity contribution in [2.75, 3.05) is 5.32 Å². The van der Waals surface area contributed by atoms with Crippen molar-refractivity contribution in [2.24, 2.45) is 0 Å². The molecule has 0 spiro atoms. The SMILES string of the molecule is O=[N+]([O-])c1cccc2c1Nc1c(Cl)cccc1S2. The fraction of sp³-hybridized carbons (Fsp3) is 0. The van der Waals surface area contributed by atoms with Crippen LogP contribution < -0.4 is 5.32 Å². The normalized spacial score (nSPS) is 12.3. The molecule has 4 nitrogen and oxygen atoms in total. The van der Waals surface area contributed by atoms with Gasteiger partial charge in [-0.05, 0) is 18.2 Å². The van der Waals surface area contributed by atoms with Gasteiger partial charge in [-0.25, -0.2) is 0 Å². The van der Waals surface area contributed by atoms with Crippen LogP contribution in [-0.4, -0.2) is 4.92 Å². The molecule has 0 bridgehead atoms. The summed E-state index contributed by atoms with van der Waals surface area (Å²) < 4.78 is 0. The quantitative estimate of drug-likeness (QED) is 0.527. The van der Waals surface area contributed by atoms with E-state index in [0.717, 1.165) is 15.5 Å². The van der Waals surface area contributed by atoms with E-state index in [-0.39, 0.29) is 5.69 Å². The number of nitro groups is 1. The van der Waals surface area contributed by atoms with Crippen molar-refractivity contribution < 1.29 is 4.92 Å². The molecule has 1 N–H and O–H groups in total.